The van der Waals surface area contributed by atoms with Gasteiger partial charge in [-0.2, -0.15) is 0 Å². The SMILES string of the molecule is CCCN1CCCCC[C@@H]1C. The van der Waals surface area contributed by atoms with Crippen LogP contribution in [-0.2, 0) is 0 Å². The lowest BCUT2D eigenvalue weighted by molar-refractivity contribution is 0.214. The van der Waals surface area contributed by atoms with Crippen molar-refractivity contribution in [3.8, 4) is 0 Å². The summed E-state index contributed by atoms with van der Waals surface area (Å²) in [4.78, 5) is 2.65. The zero-order valence-electron chi connectivity index (χ0n) is 7.97. The summed E-state index contributed by atoms with van der Waals surface area (Å²) in [5, 5.41) is 0. The van der Waals surface area contributed by atoms with E-state index in [1.165, 1.54) is 45.2 Å². The summed E-state index contributed by atoms with van der Waals surface area (Å²) in [7, 11) is 0. The van der Waals surface area contributed by atoms with Gasteiger partial charge in [-0.25, -0.2) is 0 Å². The lowest BCUT2D eigenvalue weighted by Gasteiger charge is -2.25. The summed E-state index contributed by atoms with van der Waals surface area (Å²) in [5.74, 6) is 0. The lowest BCUT2D eigenvalue weighted by Crippen LogP contribution is -2.33. The molecule has 1 aliphatic rings. The Balaban J connectivity index is 2.32. The molecule has 0 aromatic carbocycles. The molecule has 66 valence electrons. The molecule has 1 aliphatic heterocycles. The van der Waals surface area contributed by atoms with E-state index in [4.69, 9.17) is 0 Å². The van der Waals surface area contributed by atoms with E-state index in [0.717, 1.165) is 6.04 Å². The average Bonchev–Trinajstić information content (AvgIpc) is 2.18. The maximum absolute atomic E-state index is 2.65. The number of likely N-dealkylation sites (tertiary alicyclic amines) is 1. The molecule has 0 aromatic rings. The average molecular weight is 155 g/mol. The van der Waals surface area contributed by atoms with E-state index in [0.29, 0.717) is 0 Å². The first-order valence-electron chi connectivity index (χ1n) is 5.08. The van der Waals surface area contributed by atoms with Gasteiger partial charge in [0.2, 0.25) is 0 Å². The first-order valence-corrected chi connectivity index (χ1v) is 5.08. The van der Waals surface area contributed by atoms with E-state index < -0.39 is 0 Å². The predicted molar refractivity (Wildman–Crippen MR) is 49.8 cm³/mol. The number of rotatable bonds is 2. The monoisotopic (exact) mass is 155 g/mol. The Morgan fingerprint density at radius 1 is 1.27 bits per heavy atom. The van der Waals surface area contributed by atoms with E-state index in [9.17, 15) is 0 Å². The minimum absolute atomic E-state index is 0.845. The second kappa shape index (κ2) is 4.76. The molecule has 0 spiro atoms. The smallest absolute Gasteiger partial charge is 0.00669 e. The van der Waals surface area contributed by atoms with Gasteiger partial charge in [-0.1, -0.05) is 19.8 Å². The van der Waals surface area contributed by atoms with Gasteiger partial charge in [-0.05, 0) is 39.3 Å². The number of hydrogen-bond donors (Lipinski definition) is 0. The van der Waals surface area contributed by atoms with E-state index >= 15 is 0 Å². The predicted octanol–water partition coefficient (Wildman–Crippen LogP) is 2.66. The van der Waals surface area contributed by atoms with Crippen LogP contribution in [0.4, 0.5) is 0 Å². The molecule has 0 N–H and O–H groups in total. The molecule has 1 rings (SSSR count). The standard InChI is InChI=1S/C10H21N/c1-3-8-11-9-6-4-5-7-10(11)2/h10H,3-9H2,1-2H3/t10-/m0/s1. The van der Waals surface area contributed by atoms with Crippen LogP contribution in [0, 0.1) is 0 Å². The first-order chi connectivity index (χ1) is 5.34. The van der Waals surface area contributed by atoms with E-state index in [-0.39, 0.29) is 0 Å². The summed E-state index contributed by atoms with van der Waals surface area (Å²) in [6.07, 6.45) is 7.04. The van der Waals surface area contributed by atoms with Crippen molar-refractivity contribution in [2.45, 2.75) is 52.0 Å². The Hall–Kier alpha value is -0.0400. The van der Waals surface area contributed by atoms with Crippen LogP contribution in [0.3, 0.4) is 0 Å². The molecule has 0 amide bonds. The second-order valence-electron chi connectivity index (χ2n) is 3.73. The zero-order valence-corrected chi connectivity index (χ0v) is 7.97. The fraction of sp³-hybridized carbons (Fsp3) is 1.00. The molecule has 1 nitrogen and oxygen atoms in total. The topological polar surface area (TPSA) is 3.24 Å². The molecular formula is C10H21N. The fourth-order valence-corrected chi connectivity index (χ4v) is 1.95. The highest BCUT2D eigenvalue weighted by Crippen LogP contribution is 2.15. The second-order valence-corrected chi connectivity index (χ2v) is 3.73. The Morgan fingerprint density at radius 2 is 2.09 bits per heavy atom. The van der Waals surface area contributed by atoms with Crippen molar-refractivity contribution in [1.82, 2.24) is 4.90 Å². The van der Waals surface area contributed by atoms with Crippen LogP contribution in [0.5, 0.6) is 0 Å². The van der Waals surface area contributed by atoms with Crippen LogP contribution >= 0.6 is 0 Å². The highest BCUT2D eigenvalue weighted by Gasteiger charge is 2.14. The van der Waals surface area contributed by atoms with Crippen LogP contribution in [0.15, 0.2) is 0 Å². The van der Waals surface area contributed by atoms with E-state index in [1.54, 1.807) is 0 Å². The van der Waals surface area contributed by atoms with Gasteiger partial charge < -0.3 is 4.90 Å². The van der Waals surface area contributed by atoms with Crippen molar-refractivity contribution in [2.24, 2.45) is 0 Å². The largest absolute Gasteiger partial charge is 0.301 e. The molecule has 1 fully saturated rings. The Labute approximate surface area is 70.8 Å². The van der Waals surface area contributed by atoms with Crippen molar-refractivity contribution in [3.05, 3.63) is 0 Å². The van der Waals surface area contributed by atoms with Crippen molar-refractivity contribution in [2.75, 3.05) is 13.1 Å². The van der Waals surface area contributed by atoms with Crippen LogP contribution in [0.1, 0.15) is 46.0 Å². The third-order valence-electron chi connectivity index (χ3n) is 2.70. The molecule has 11 heavy (non-hydrogen) atoms. The number of hydrogen-bond acceptors (Lipinski definition) is 1. The van der Waals surface area contributed by atoms with Gasteiger partial charge in [0.1, 0.15) is 0 Å². The molecule has 0 aromatic heterocycles. The molecule has 0 radical (unpaired) electrons. The summed E-state index contributed by atoms with van der Waals surface area (Å²) >= 11 is 0. The van der Waals surface area contributed by atoms with Gasteiger partial charge in [0.05, 0.1) is 0 Å². The van der Waals surface area contributed by atoms with Crippen molar-refractivity contribution in [1.29, 1.82) is 0 Å². The third-order valence-corrected chi connectivity index (χ3v) is 2.70. The van der Waals surface area contributed by atoms with E-state index in [1.807, 2.05) is 0 Å². The van der Waals surface area contributed by atoms with Crippen LogP contribution in [0.25, 0.3) is 0 Å². The van der Waals surface area contributed by atoms with E-state index in [2.05, 4.69) is 18.7 Å². The van der Waals surface area contributed by atoms with Gasteiger partial charge in [-0.15, -0.1) is 0 Å². The summed E-state index contributed by atoms with van der Waals surface area (Å²) in [6.45, 7) is 7.30. The highest BCUT2D eigenvalue weighted by atomic mass is 15.1. The fourth-order valence-electron chi connectivity index (χ4n) is 1.95. The highest BCUT2D eigenvalue weighted by molar-refractivity contribution is 4.70. The van der Waals surface area contributed by atoms with Crippen molar-refractivity contribution >= 4 is 0 Å². The van der Waals surface area contributed by atoms with Crippen molar-refractivity contribution < 1.29 is 0 Å². The quantitative estimate of drug-likeness (QED) is 0.592. The summed E-state index contributed by atoms with van der Waals surface area (Å²) in [5.41, 5.74) is 0. The Morgan fingerprint density at radius 3 is 2.82 bits per heavy atom. The molecule has 0 unspecified atom stereocenters. The third kappa shape index (κ3) is 2.82. The van der Waals surface area contributed by atoms with Gasteiger partial charge >= 0.3 is 0 Å². The molecule has 1 atom stereocenters. The minimum atomic E-state index is 0.845. The normalized spacial score (nSPS) is 28.4. The zero-order chi connectivity index (χ0) is 8.10. The van der Waals surface area contributed by atoms with Crippen molar-refractivity contribution in [3.63, 3.8) is 0 Å². The molecule has 1 heteroatoms. The Kier molecular flexibility index (Phi) is 3.92. The minimum Gasteiger partial charge on any atom is -0.301 e. The molecular weight excluding hydrogens is 134 g/mol. The van der Waals surface area contributed by atoms with Gasteiger partial charge in [0.15, 0.2) is 0 Å². The van der Waals surface area contributed by atoms with Crippen LogP contribution in [-0.4, -0.2) is 24.0 Å². The molecule has 0 aliphatic carbocycles. The van der Waals surface area contributed by atoms with Crippen LogP contribution < -0.4 is 0 Å². The maximum Gasteiger partial charge on any atom is 0.00669 e. The first kappa shape index (κ1) is 9.05. The lowest BCUT2D eigenvalue weighted by atomic mass is 10.1. The summed E-state index contributed by atoms with van der Waals surface area (Å²) in [6, 6.07) is 0.845. The van der Waals surface area contributed by atoms with Gasteiger partial charge in [0, 0.05) is 6.04 Å². The molecule has 0 saturated carbocycles. The number of nitrogens with zero attached hydrogens (tertiary/aromatic N) is 1. The Bertz CT molecular complexity index is 101. The maximum atomic E-state index is 2.65. The van der Waals surface area contributed by atoms with Gasteiger partial charge in [0.25, 0.3) is 0 Å². The van der Waals surface area contributed by atoms with Crippen LogP contribution in [0.2, 0.25) is 0 Å². The molecule has 1 heterocycles. The van der Waals surface area contributed by atoms with Gasteiger partial charge in [-0.3, -0.25) is 0 Å². The molecule has 1 saturated heterocycles. The summed E-state index contributed by atoms with van der Waals surface area (Å²) < 4.78 is 0. The molecule has 0 bridgehead atoms.